The van der Waals surface area contributed by atoms with Gasteiger partial charge < -0.3 is 4.42 Å². The van der Waals surface area contributed by atoms with Crippen LogP contribution >= 0.6 is 0 Å². The third-order valence-electron chi connectivity index (χ3n) is 9.70. The lowest BCUT2D eigenvalue weighted by Crippen LogP contribution is -1.91. The SMILES string of the molecule is [2H]c1c([2H])c([2H])c(-c2cccc(-c3c4ccccc4c(-c4ccc5oc6cc7ccc(-c8ccccc8)cc7cc6c5c4)c4ccccc34)c2)c([2H])c1[2H]. The Morgan fingerprint density at radius 1 is 0.327 bits per heavy atom. The van der Waals surface area contributed by atoms with Gasteiger partial charge >= 0.3 is 0 Å². The molecule has 0 radical (unpaired) electrons. The van der Waals surface area contributed by atoms with E-state index in [9.17, 15) is 0 Å². The highest BCUT2D eigenvalue weighted by molar-refractivity contribution is 6.22. The van der Waals surface area contributed by atoms with E-state index in [1.54, 1.807) is 0 Å². The van der Waals surface area contributed by atoms with Crippen molar-refractivity contribution in [2.24, 2.45) is 0 Å². The number of rotatable bonds is 4. The second-order valence-electron chi connectivity index (χ2n) is 12.5. The van der Waals surface area contributed by atoms with Crippen LogP contribution in [-0.4, -0.2) is 0 Å². The van der Waals surface area contributed by atoms with Crippen LogP contribution in [0.3, 0.4) is 0 Å². The molecule has 228 valence electrons. The molecule has 0 unspecified atom stereocenters. The lowest BCUT2D eigenvalue weighted by molar-refractivity contribution is 0.669. The van der Waals surface area contributed by atoms with Crippen molar-refractivity contribution in [3.63, 3.8) is 0 Å². The van der Waals surface area contributed by atoms with Gasteiger partial charge in [0.15, 0.2) is 0 Å². The van der Waals surface area contributed by atoms with E-state index in [4.69, 9.17) is 11.3 Å². The van der Waals surface area contributed by atoms with Gasteiger partial charge in [-0.1, -0.05) is 145 Å². The zero-order valence-electron chi connectivity index (χ0n) is 31.3. The zero-order chi connectivity index (χ0) is 36.7. The van der Waals surface area contributed by atoms with Crippen LogP contribution in [0.1, 0.15) is 6.85 Å². The van der Waals surface area contributed by atoms with Crippen LogP contribution < -0.4 is 0 Å². The number of benzene rings is 9. The van der Waals surface area contributed by atoms with Gasteiger partial charge in [-0.05, 0) is 113 Å². The Hall–Kier alpha value is -6.44. The van der Waals surface area contributed by atoms with E-state index < -0.39 is 6.04 Å². The van der Waals surface area contributed by atoms with Gasteiger partial charge in [0, 0.05) is 10.8 Å². The van der Waals surface area contributed by atoms with Gasteiger partial charge in [-0.2, -0.15) is 0 Å². The summed E-state index contributed by atoms with van der Waals surface area (Å²) in [5.74, 6) is 0. The quantitative estimate of drug-likeness (QED) is 0.177. The molecule has 0 saturated heterocycles. The van der Waals surface area contributed by atoms with Gasteiger partial charge in [0.1, 0.15) is 11.2 Å². The highest BCUT2D eigenvalue weighted by atomic mass is 16.3. The first-order valence-electron chi connectivity index (χ1n) is 18.9. The zero-order valence-corrected chi connectivity index (χ0v) is 26.3. The van der Waals surface area contributed by atoms with Crippen molar-refractivity contribution in [1.29, 1.82) is 0 Å². The maximum Gasteiger partial charge on any atom is 0.136 e. The van der Waals surface area contributed by atoms with E-state index >= 15 is 0 Å². The summed E-state index contributed by atoms with van der Waals surface area (Å²) in [4.78, 5) is 0. The predicted octanol–water partition coefficient (Wildman–Crippen LogP) is 13.7. The average Bonchev–Trinajstić information content (AvgIpc) is 3.57. The maximum absolute atomic E-state index is 8.64. The van der Waals surface area contributed by atoms with Crippen LogP contribution in [0.25, 0.3) is 98.8 Å². The van der Waals surface area contributed by atoms with Crippen LogP contribution in [0.2, 0.25) is 0 Å². The minimum Gasteiger partial charge on any atom is -0.456 e. The number of fused-ring (bicyclic) bond motifs is 6. The van der Waals surface area contributed by atoms with Gasteiger partial charge in [-0.25, -0.2) is 0 Å². The molecule has 1 heterocycles. The molecule has 9 aromatic carbocycles. The average molecular weight is 628 g/mol. The molecule has 0 N–H and O–H groups in total. The van der Waals surface area contributed by atoms with E-state index in [-0.39, 0.29) is 29.7 Å². The Bertz CT molecular complexity index is 3080. The van der Waals surface area contributed by atoms with E-state index in [0.717, 1.165) is 76.5 Å². The van der Waals surface area contributed by atoms with Crippen LogP contribution in [0.15, 0.2) is 186 Å². The minimum absolute atomic E-state index is 0.192. The molecule has 10 rings (SSSR count). The molecule has 1 aromatic heterocycles. The lowest BCUT2D eigenvalue weighted by atomic mass is 9.85. The normalized spacial score (nSPS) is 13.1. The molecule has 0 bridgehead atoms. The second kappa shape index (κ2) is 11.1. The van der Waals surface area contributed by atoms with Gasteiger partial charge in [-0.3, -0.25) is 0 Å². The fourth-order valence-corrected chi connectivity index (χ4v) is 7.46. The molecule has 1 heteroatoms. The van der Waals surface area contributed by atoms with Crippen molar-refractivity contribution < 1.29 is 11.3 Å². The van der Waals surface area contributed by atoms with Crippen molar-refractivity contribution in [2.75, 3.05) is 0 Å². The van der Waals surface area contributed by atoms with E-state index in [1.165, 1.54) is 11.1 Å². The molecular formula is C48H30O. The molecule has 10 aromatic rings. The molecule has 0 amide bonds. The van der Waals surface area contributed by atoms with Crippen molar-refractivity contribution in [3.05, 3.63) is 182 Å². The molecule has 0 atom stereocenters. The summed E-state index contributed by atoms with van der Waals surface area (Å²) < 4.78 is 48.3. The van der Waals surface area contributed by atoms with Crippen molar-refractivity contribution in [3.8, 4) is 44.5 Å². The Labute approximate surface area is 291 Å². The summed E-state index contributed by atoms with van der Waals surface area (Å²) in [5, 5.41) is 8.70. The first-order chi connectivity index (χ1) is 26.4. The van der Waals surface area contributed by atoms with Crippen LogP contribution in [-0.2, 0) is 0 Å². The van der Waals surface area contributed by atoms with Crippen molar-refractivity contribution >= 4 is 54.3 Å². The Kier molecular flexibility index (Phi) is 5.20. The third-order valence-corrected chi connectivity index (χ3v) is 9.70. The van der Waals surface area contributed by atoms with Gasteiger partial charge in [0.2, 0.25) is 0 Å². The molecule has 0 aliphatic heterocycles. The smallest absolute Gasteiger partial charge is 0.136 e. The van der Waals surface area contributed by atoms with Gasteiger partial charge in [0.05, 0.1) is 6.85 Å². The minimum atomic E-state index is -0.398. The molecule has 1 nitrogen and oxygen atoms in total. The van der Waals surface area contributed by atoms with Crippen molar-refractivity contribution in [2.45, 2.75) is 0 Å². The summed E-state index contributed by atoms with van der Waals surface area (Å²) in [6.45, 7) is 0. The molecular weight excluding hydrogens is 593 g/mol. The monoisotopic (exact) mass is 627 g/mol. The first kappa shape index (κ1) is 23.0. The second-order valence-corrected chi connectivity index (χ2v) is 12.5. The predicted molar refractivity (Wildman–Crippen MR) is 208 cm³/mol. The lowest BCUT2D eigenvalue weighted by Gasteiger charge is -2.18. The Balaban J connectivity index is 1.18. The highest BCUT2D eigenvalue weighted by Gasteiger charge is 2.18. The summed E-state index contributed by atoms with van der Waals surface area (Å²) in [5.41, 5.74) is 8.93. The standard InChI is InChI=1S/C48H30O/c1-3-12-31(13-4-1)33-16-11-17-36(26-33)47-39-18-7-9-20-41(39)48(42-21-10-8-19-40(42)47)37-24-25-45-43(28-37)44-29-38-27-34(32-14-5-2-6-15-32)22-23-35(38)30-46(44)49-45/h1-30H/i1D,3D,4D,12D,13D. The fourth-order valence-electron chi connectivity index (χ4n) is 7.46. The maximum atomic E-state index is 8.64. The number of hydrogen-bond donors (Lipinski definition) is 0. The molecule has 0 aliphatic carbocycles. The van der Waals surface area contributed by atoms with Crippen LogP contribution in [0.5, 0.6) is 0 Å². The van der Waals surface area contributed by atoms with Gasteiger partial charge in [-0.15, -0.1) is 0 Å². The Morgan fingerprint density at radius 3 is 1.61 bits per heavy atom. The first-order valence-corrected chi connectivity index (χ1v) is 16.4. The van der Waals surface area contributed by atoms with E-state index in [1.807, 2.05) is 42.5 Å². The van der Waals surface area contributed by atoms with E-state index in [0.29, 0.717) is 5.56 Å². The number of furan rings is 1. The topological polar surface area (TPSA) is 13.1 Å². The Morgan fingerprint density at radius 2 is 0.898 bits per heavy atom. The molecule has 0 aliphatic rings. The largest absolute Gasteiger partial charge is 0.456 e. The molecule has 0 saturated carbocycles. The van der Waals surface area contributed by atoms with E-state index in [2.05, 4.69) is 109 Å². The summed E-state index contributed by atoms with van der Waals surface area (Å²) >= 11 is 0. The van der Waals surface area contributed by atoms with Crippen LogP contribution in [0.4, 0.5) is 0 Å². The summed E-state index contributed by atoms with van der Waals surface area (Å²) in [6.07, 6.45) is 0. The summed E-state index contributed by atoms with van der Waals surface area (Å²) in [7, 11) is 0. The molecule has 0 fully saturated rings. The highest BCUT2D eigenvalue weighted by Crippen LogP contribution is 2.45. The third kappa shape index (κ3) is 4.55. The summed E-state index contributed by atoms with van der Waals surface area (Å²) in [6, 6.07) is 50.9. The molecule has 0 spiro atoms. The molecule has 49 heavy (non-hydrogen) atoms. The van der Waals surface area contributed by atoms with Crippen LogP contribution in [0, 0.1) is 0 Å². The fraction of sp³-hybridized carbons (Fsp3) is 0. The van der Waals surface area contributed by atoms with Gasteiger partial charge in [0.25, 0.3) is 0 Å². The van der Waals surface area contributed by atoms with Crippen molar-refractivity contribution in [1.82, 2.24) is 0 Å². The number of hydrogen-bond acceptors (Lipinski definition) is 1.